The minimum Gasteiger partial charge on any atom is -0.352 e. The zero-order valence-corrected chi connectivity index (χ0v) is 12.1. The lowest BCUT2D eigenvalue weighted by molar-refractivity contribution is 0.0947. The highest BCUT2D eigenvalue weighted by molar-refractivity contribution is 9.09. The van der Waals surface area contributed by atoms with Crippen LogP contribution in [-0.2, 0) is 0 Å². The monoisotopic (exact) mass is 333 g/mol. The number of halogens is 3. The van der Waals surface area contributed by atoms with E-state index in [0.717, 1.165) is 12.8 Å². The number of hydrogen-bond donors (Lipinski definition) is 1. The number of hydrogen-bond acceptors (Lipinski definition) is 1. The molecule has 0 aromatic heterocycles. The van der Waals surface area contributed by atoms with Gasteiger partial charge >= 0.3 is 0 Å². The molecule has 0 saturated heterocycles. The molecule has 1 aliphatic rings. The molecule has 1 aromatic carbocycles. The van der Waals surface area contributed by atoms with Gasteiger partial charge in [0.1, 0.15) is 5.82 Å². The summed E-state index contributed by atoms with van der Waals surface area (Å²) in [6.07, 6.45) is 3.42. The molecule has 1 aliphatic carbocycles. The van der Waals surface area contributed by atoms with E-state index in [0.29, 0.717) is 17.3 Å². The highest BCUT2D eigenvalue weighted by atomic mass is 79.9. The van der Waals surface area contributed by atoms with Crippen LogP contribution in [0.3, 0.4) is 0 Å². The second-order valence-electron chi connectivity index (χ2n) is 4.52. The van der Waals surface area contributed by atoms with Crippen molar-refractivity contribution in [3.05, 3.63) is 34.6 Å². The number of carbonyl (C=O) groups excluding carboxylic acids is 1. The molecule has 0 spiro atoms. The molecule has 2 nitrogen and oxygen atoms in total. The summed E-state index contributed by atoms with van der Waals surface area (Å²) in [5.41, 5.74) is 0.195. The second kappa shape index (κ2) is 6.02. The first-order valence-electron chi connectivity index (χ1n) is 5.96. The van der Waals surface area contributed by atoms with E-state index in [2.05, 4.69) is 21.2 Å². The van der Waals surface area contributed by atoms with E-state index in [1.807, 2.05) is 0 Å². The van der Waals surface area contributed by atoms with Crippen LogP contribution < -0.4 is 5.32 Å². The van der Waals surface area contributed by atoms with Crippen molar-refractivity contribution in [1.29, 1.82) is 0 Å². The van der Waals surface area contributed by atoms with Gasteiger partial charge in [-0.2, -0.15) is 0 Å². The third-order valence-corrected chi connectivity index (χ3v) is 4.88. The summed E-state index contributed by atoms with van der Waals surface area (Å²) in [5, 5.41) is 2.71. The van der Waals surface area contributed by atoms with E-state index < -0.39 is 5.82 Å². The topological polar surface area (TPSA) is 29.1 Å². The van der Waals surface area contributed by atoms with Crippen LogP contribution in [0.15, 0.2) is 18.2 Å². The van der Waals surface area contributed by atoms with Crippen molar-refractivity contribution in [3.8, 4) is 0 Å². The van der Waals surface area contributed by atoms with Gasteiger partial charge in [-0.25, -0.2) is 4.39 Å². The first kappa shape index (κ1) is 13.8. The summed E-state index contributed by atoms with van der Waals surface area (Å²) in [7, 11) is 0. The molecule has 0 bridgehead atoms. The Bertz CT molecular complexity index is 455. The third kappa shape index (κ3) is 3.04. The highest BCUT2D eigenvalue weighted by Gasteiger charge is 2.25. The highest BCUT2D eigenvalue weighted by Crippen LogP contribution is 2.31. The Morgan fingerprint density at radius 1 is 1.50 bits per heavy atom. The first-order valence-corrected chi connectivity index (χ1v) is 7.25. The van der Waals surface area contributed by atoms with Gasteiger partial charge in [0, 0.05) is 11.4 Å². The zero-order chi connectivity index (χ0) is 13.1. The minimum atomic E-state index is -0.566. The molecule has 1 N–H and O–H groups in total. The summed E-state index contributed by atoms with van der Waals surface area (Å²) in [4.78, 5) is 12.4. The Morgan fingerprint density at radius 2 is 2.28 bits per heavy atom. The van der Waals surface area contributed by atoms with Crippen molar-refractivity contribution in [2.45, 2.75) is 24.1 Å². The second-order valence-corrected chi connectivity index (χ2v) is 6.07. The van der Waals surface area contributed by atoms with Crippen LogP contribution >= 0.6 is 27.5 Å². The Labute approximate surface area is 119 Å². The Kier molecular flexibility index (Phi) is 4.62. The standard InChI is InChI=1S/C13H14BrClFNO/c14-10-5-1-3-8(10)7-17-13(18)9-4-2-6-11(16)12(9)15/h2,4,6,8,10H,1,3,5,7H2,(H,17,18). The lowest BCUT2D eigenvalue weighted by atomic mass is 10.1. The van der Waals surface area contributed by atoms with Crippen LogP contribution in [0.25, 0.3) is 0 Å². The molecule has 5 heteroatoms. The largest absolute Gasteiger partial charge is 0.352 e. The molecule has 0 radical (unpaired) electrons. The molecular weight excluding hydrogens is 321 g/mol. The van der Waals surface area contributed by atoms with Crippen molar-refractivity contribution < 1.29 is 9.18 Å². The number of amides is 1. The molecule has 18 heavy (non-hydrogen) atoms. The van der Waals surface area contributed by atoms with Crippen LogP contribution in [0.5, 0.6) is 0 Å². The molecule has 1 aromatic rings. The normalized spacial score (nSPS) is 23.1. The molecule has 2 rings (SSSR count). The Balaban J connectivity index is 1.97. The predicted molar refractivity (Wildman–Crippen MR) is 73.8 cm³/mol. The summed E-state index contributed by atoms with van der Waals surface area (Å²) >= 11 is 9.37. The molecule has 98 valence electrons. The fraction of sp³-hybridized carbons (Fsp3) is 0.462. The van der Waals surface area contributed by atoms with Gasteiger partial charge in [-0.05, 0) is 30.9 Å². The van der Waals surface area contributed by atoms with Gasteiger partial charge in [0.05, 0.1) is 10.6 Å². The van der Waals surface area contributed by atoms with Gasteiger partial charge in [-0.1, -0.05) is 40.0 Å². The average Bonchev–Trinajstić information content (AvgIpc) is 2.75. The molecule has 1 saturated carbocycles. The third-order valence-electron chi connectivity index (χ3n) is 3.29. The Hall–Kier alpha value is -0.610. The maximum absolute atomic E-state index is 13.2. The van der Waals surface area contributed by atoms with Gasteiger partial charge in [0.15, 0.2) is 0 Å². The van der Waals surface area contributed by atoms with Gasteiger partial charge < -0.3 is 5.32 Å². The maximum Gasteiger partial charge on any atom is 0.252 e. The number of benzene rings is 1. The van der Waals surface area contributed by atoms with Gasteiger partial charge in [-0.15, -0.1) is 0 Å². The summed E-state index contributed by atoms with van der Waals surface area (Å²) < 4.78 is 13.2. The van der Waals surface area contributed by atoms with Crippen LogP contribution in [-0.4, -0.2) is 17.3 Å². The lowest BCUT2D eigenvalue weighted by Crippen LogP contribution is -2.31. The summed E-state index contributed by atoms with van der Waals surface area (Å²) in [5.74, 6) is -0.434. The van der Waals surface area contributed by atoms with Crippen molar-refractivity contribution in [3.63, 3.8) is 0 Å². The molecule has 0 heterocycles. The fourth-order valence-corrected chi connectivity index (χ4v) is 3.21. The van der Waals surface area contributed by atoms with Crippen molar-refractivity contribution in [2.24, 2.45) is 5.92 Å². The van der Waals surface area contributed by atoms with E-state index >= 15 is 0 Å². The van der Waals surface area contributed by atoms with E-state index in [4.69, 9.17) is 11.6 Å². The van der Waals surface area contributed by atoms with E-state index in [-0.39, 0.29) is 16.5 Å². The van der Waals surface area contributed by atoms with E-state index in [1.54, 1.807) is 0 Å². The quantitative estimate of drug-likeness (QED) is 0.838. The number of rotatable bonds is 3. The van der Waals surface area contributed by atoms with E-state index in [1.165, 1.54) is 24.6 Å². The van der Waals surface area contributed by atoms with Crippen molar-refractivity contribution in [1.82, 2.24) is 5.32 Å². The van der Waals surface area contributed by atoms with Crippen molar-refractivity contribution in [2.75, 3.05) is 6.54 Å². The molecule has 2 atom stereocenters. The number of nitrogens with one attached hydrogen (secondary N) is 1. The molecular formula is C13H14BrClFNO. The fourth-order valence-electron chi connectivity index (χ4n) is 2.22. The molecule has 1 amide bonds. The van der Waals surface area contributed by atoms with Gasteiger partial charge in [0.25, 0.3) is 5.91 Å². The summed E-state index contributed by atoms with van der Waals surface area (Å²) in [6, 6.07) is 4.25. The van der Waals surface area contributed by atoms with E-state index in [9.17, 15) is 9.18 Å². The van der Waals surface area contributed by atoms with Crippen LogP contribution in [0, 0.1) is 11.7 Å². The van der Waals surface area contributed by atoms with Crippen molar-refractivity contribution >= 4 is 33.4 Å². The predicted octanol–water partition coefficient (Wildman–Crippen LogP) is 3.77. The zero-order valence-electron chi connectivity index (χ0n) is 9.76. The summed E-state index contributed by atoms with van der Waals surface area (Å²) in [6.45, 7) is 0.599. The number of alkyl halides is 1. The average molecular weight is 335 g/mol. The SMILES string of the molecule is O=C(NCC1CCCC1Br)c1cccc(F)c1Cl. The minimum absolute atomic E-state index is 0.114. The molecule has 0 aliphatic heterocycles. The van der Waals surface area contributed by atoms with Crippen LogP contribution in [0.1, 0.15) is 29.6 Å². The Morgan fingerprint density at radius 3 is 2.94 bits per heavy atom. The number of carbonyl (C=O) groups is 1. The first-order chi connectivity index (χ1) is 8.59. The van der Waals surface area contributed by atoms with Gasteiger partial charge in [-0.3, -0.25) is 4.79 Å². The van der Waals surface area contributed by atoms with Crippen LogP contribution in [0.2, 0.25) is 5.02 Å². The maximum atomic E-state index is 13.2. The molecule has 1 fully saturated rings. The smallest absolute Gasteiger partial charge is 0.252 e. The van der Waals surface area contributed by atoms with Gasteiger partial charge in [0.2, 0.25) is 0 Å². The van der Waals surface area contributed by atoms with Crippen LogP contribution in [0.4, 0.5) is 4.39 Å². The molecule has 2 unspecified atom stereocenters. The lowest BCUT2D eigenvalue weighted by Gasteiger charge is -2.15.